The molecular weight excluding hydrogens is 168 g/mol. The van der Waals surface area contributed by atoms with E-state index in [1.807, 2.05) is 0 Å². The SMILES string of the molecule is O=C(O)CC(CCOO)C(=O)O. The molecule has 1 atom stereocenters. The van der Waals surface area contributed by atoms with Crippen molar-refractivity contribution in [1.29, 1.82) is 0 Å². The minimum absolute atomic E-state index is 0.0157. The second kappa shape index (κ2) is 5.50. The molecular formula is C6H10O6. The lowest BCUT2D eigenvalue weighted by Crippen LogP contribution is -2.19. The predicted octanol–water partition coefficient (Wildman–Crippen LogP) is 0.0416. The van der Waals surface area contributed by atoms with E-state index in [1.54, 1.807) is 0 Å². The van der Waals surface area contributed by atoms with Crippen LogP contribution in [-0.2, 0) is 14.5 Å². The van der Waals surface area contributed by atoms with Crippen LogP contribution in [0.3, 0.4) is 0 Å². The van der Waals surface area contributed by atoms with Crippen molar-refractivity contribution in [2.75, 3.05) is 6.61 Å². The Morgan fingerprint density at radius 2 is 1.92 bits per heavy atom. The Labute approximate surface area is 68.3 Å². The van der Waals surface area contributed by atoms with Crippen LogP contribution in [0.25, 0.3) is 0 Å². The van der Waals surface area contributed by atoms with Crippen molar-refractivity contribution in [1.82, 2.24) is 0 Å². The molecule has 0 aromatic carbocycles. The summed E-state index contributed by atoms with van der Waals surface area (Å²) < 4.78 is 0. The van der Waals surface area contributed by atoms with Crippen molar-refractivity contribution in [3.8, 4) is 0 Å². The fraction of sp³-hybridized carbons (Fsp3) is 0.667. The number of hydrogen-bond donors (Lipinski definition) is 3. The zero-order chi connectivity index (χ0) is 9.56. The summed E-state index contributed by atoms with van der Waals surface area (Å²) in [6.07, 6.45) is -0.475. The average molecular weight is 178 g/mol. The zero-order valence-electron chi connectivity index (χ0n) is 6.27. The first-order chi connectivity index (χ1) is 5.57. The second-order valence-electron chi connectivity index (χ2n) is 2.25. The third-order valence-electron chi connectivity index (χ3n) is 1.33. The van der Waals surface area contributed by atoms with Gasteiger partial charge >= 0.3 is 11.9 Å². The van der Waals surface area contributed by atoms with E-state index in [9.17, 15) is 9.59 Å². The monoisotopic (exact) mass is 178 g/mol. The topological polar surface area (TPSA) is 104 Å². The summed E-state index contributed by atoms with van der Waals surface area (Å²) in [6, 6.07) is 0. The molecule has 3 N–H and O–H groups in total. The fourth-order valence-electron chi connectivity index (χ4n) is 0.719. The Morgan fingerprint density at radius 1 is 1.33 bits per heavy atom. The number of rotatable bonds is 6. The van der Waals surface area contributed by atoms with Gasteiger partial charge in [-0.15, -0.1) is 0 Å². The smallest absolute Gasteiger partial charge is 0.307 e. The lowest BCUT2D eigenvalue weighted by Gasteiger charge is -2.06. The molecule has 1 unspecified atom stereocenters. The Balaban J connectivity index is 3.87. The summed E-state index contributed by atoms with van der Waals surface area (Å²) in [4.78, 5) is 24.1. The summed E-state index contributed by atoms with van der Waals surface area (Å²) in [6.45, 7) is -0.176. The number of carboxylic acid groups (broad SMARTS) is 2. The van der Waals surface area contributed by atoms with Gasteiger partial charge in [-0.3, -0.25) is 14.8 Å². The summed E-state index contributed by atoms with van der Waals surface area (Å²) in [5.74, 6) is -3.38. The largest absolute Gasteiger partial charge is 0.481 e. The van der Waals surface area contributed by atoms with Gasteiger partial charge in [0.05, 0.1) is 18.9 Å². The maximum absolute atomic E-state index is 10.3. The minimum atomic E-state index is -1.20. The van der Waals surface area contributed by atoms with Crippen molar-refractivity contribution < 1.29 is 29.9 Å². The molecule has 0 fully saturated rings. The normalized spacial score (nSPS) is 12.4. The molecule has 0 heterocycles. The molecule has 0 aromatic rings. The standard InChI is InChI=1S/C6H10O6/c7-5(8)3-4(6(9)10)1-2-12-11/h4,11H,1-3H2,(H,7,8)(H,9,10). The van der Waals surface area contributed by atoms with Crippen molar-refractivity contribution in [2.45, 2.75) is 12.8 Å². The molecule has 0 aliphatic heterocycles. The van der Waals surface area contributed by atoms with E-state index in [1.165, 1.54) is 0 Å². The van der Waals surface area contributed by atoms with Crippen LogP contribution < -0.4 is 0 Å². The van der Waals surface area contributed by atoms with Gasteiger partial charge < -0.3 is 10.2 Å². The van der Waals surface area contributed by atoms with Gasteiger partial charge in [0, 0.05) is 0 Å². The first-order valence-electron chi connectivity index (χ1n) is 3.29. The maximum Gasteiger partial charge on any atom is 0.307 e. The highest BCUT2D eigenvalue weighted by atomic mass is 17.1. The van der Waals surface area contributed by atoms with E-state index in [2.05, 4.69) is 4.89 Å². The van der Waals surface area contributed by atoms with Gasteiger partial charge in [0.1, 0.15) is 0 Å². The molecule has 0 radical (unpaired) electrons. The van der Waals surface area contributed by atoms with Crippen molar-refractivity contribution in [3.63, 3.8) is 0 Å². The summed E-state index contributed by atoms with van der Waals surface area (Å²) in [5, 5.41) is 24.6. The number of hydrogen-bond acceptors (Lipinski definition) is 4. The summed E-state index contributed by atoms with van der Waals surface area (Å²) in [7, 11) is 0. The highest BCUT2D eigenvalue weighted by Crippen LogP contribution is 2.08. The van der Waals surface area contributed by atoms with Crippen molar-refractivity contribution in [3.05, 3.63) is 0 Å². The molecule has 70 valence electrons. The highest BCUT2D eigenvalue weighted by molar-refractivity contribution is 5.77. The molecule has 0 bridgehead atoms. The third-order valence-corrected chi connectivity index (χ3v) is 1.33. The van der Waals surface area contributed by atoms with Gasteiger partial charge in [-0.1, -0.05) is 0 Å². The lowest BCUT2D eigenvalue weighted by atomic mass is 10.0. The summed E-state index contributed by atoms with van der Waals surface area (Å²) >= 11 is 0. The van der Waals surface area contributed by atoms with E-state index in [0.29, 0.717) is 0 Å². The molecule has 0 aliphatic carbocycles. The quantitative estimate of drug-likeness (QED) is 0.392. The molecule has 0 aliphatic rings. The predicted molar refractivity (Wildman–Crippen MR) is 36.6 cm³/mol. The van der Waals surface area contributed by atoms with Gasteiger partial charge in [-0.2, -0.15) is 0 Å². The molecule has 6 nitrogen and oxygen atoms in total. The molecule has 0 aromatic heterocycles. The fourth-order valence-corrected chi connectivity index (χ4v) is 0.719. The second-order valence-corrected chi connectivity index (χ2v) is 2.25. The van der Waals surface area contributed by atoms with E-state index >= 15 is 0 Å². The maximum atomic E-state index is 10.3. The first-order valence-corrected chi connectivity index (χ1v) is 3.29. The van der Waals surface area contributed by atoms with Crippen LogP contribution in [0.15, 0.2) is 0 Å². The molecule has 0 saturated carbocycles. The zero-order valence-corrected chi connectivity index (χ0v) is 6.27. The third kappa shape index (κ3) is 4.64. The molecule has 12 heavy (non-hydrogen) atoms. The molecule has 6 heteroatoms. The van der Waals surface area contributed by atoms with Gasteiger partial charge in [0.2, 0.25) is 0 Å². The van der Waals surface area contributed by atoms with Crippen molar-refractivity contribution >= 4 is 11.9 Å². The first kappa shape index (κ1) is 10.9. The lowest BCUT2D eigenvalue weighted by molar-refractivity contribution is -0.244. The van der Waals surface area contributed by atoms with E-state index in [4.69, 9.17) is 15.5 Å². The Morgan fingerprint density at radius 3 is 2.25 bits per heavy atom. The Bertz CT molecular complexity index is 165. The molecule has 0 saturated heterocycles. The van der Waals surface area contributed by atoms with Crippen LogP contribution in [0.1, 0.15) is 12.8 Å². The number of carbonyl (C=O) groups is 2. The van der Waals surface area contributed by atoms with Crippen molar-refractivity contribution in [2.24, 2.45) is 5.92 Å². The van der Waals surface area contributed by atoms with E-state index in [0.717, 1.165) is 0 Å². The molecule has 0 spiro atoms. The molecule has 0 amide bonds. The van der Waals surface area contributed by atoms with Crippen LogP contribution in [0, 0.1) is 5.92 Å². The van der Waals surface area contributed by atoms with Crippen LogP contribution in [-0.4, -0.2) is 34.0 Å². The number of carboxylic acids is 2. The van der Waals surface area contributed by atoms with E-state index < -0.39 is 24.3 Å². The molecule has 0 rings (SSSR count). The highest BCUT2D eigenvalue weighted by Gasteiger charge is 2.20. The van der Waals surface area contributed by atoms with Gasteiger partial charge in [0.15, 0.2) is 0 Å². The van der Waals surface area contributed by atoms with Crippen LogP contribution in [0.4, 0.5) is 0 Å². The van der Waals surface area contributed by atoms with Crippen LogP contribution in [0.2, 0.25) is 0 Å². The van der Waals surface area contributed by atoms with E-state index in [-0.39, 0.29) is 13.0 Å². The Hall–Kier alpha value is -1.14. The Kier molecular flexibility index (Phi) is 4.98. The van der Waals surface area contributed by atoms with Crippen LogP contribution in [0.5, 0.6) is 0 Å². The average Bonchev–Trinajstić information content (AvgIpc) is 1.96. The van der Waals surface area contributed by atoms with Gasteiger partial charge in [-0.05, 0) is 6.42 Å². The van der Waals surface area contributed by atoms with Gasteiger partial charge in [0.25, 0.3) is 0 Å². The summed E-state index contributed by atoms with van der Waals surface area (Å²) in [5.41, 5.74) is 0. The number of aliphatic carboxylic acids is 2. The van der Waals surface area contributed by atoms with Gasteiger partial charge in [-0.25, -0.2) is 4.89 Å². The minimum Gasteiger partial charge on any atom is -0.481 e. The van der Waals surface area contributed by atoms with Crippen LogP contribution >= 0.6 is 0 Å².